The summed E-state index contributed by atoms with van der Waals surface area (Å²) >= 11 is 0. The highest BCUT2D eigenvalue weighted by Gasteiger charge is 2.30. The van der Waals surface area contributed by atoms with E-state index in [1.54, 1.807) is 13.1 Å². The van der Waals surface area contributed by atoms with Gasteiger partial charge < -0.3 is 0 Å². The SMILES string of the molecule is CCC(C)S(=O)(=O)CC1CCC(C(=O)Cc2ccc3ncccc3c2)CC1. The summed E-state index contributed by atoms with van der Waals surface area (Å²) in [6.07, 6.45) is 6.20. The highest BCUT2D eigenvalue weighted by molar-refractivity contribution is 7.92. The largest absolute Gasteiger partial charge is 0.299 e. The van der Waals surface area contributed by atoms with E-state index in [4.69, 9.17) is 0 Å². The Kier molecular flexibility index (Phi) is 6.30. The first-order chi connectivity index (χ1) is 12.9. The molecule has 1 fully saturated rings. The van der Waals surface area contributed by atoms with Crippen molar-refractivity contribution in [2.75, 3.05) is 5.75 Å². The van der Waals surface area contributed by atoms with Gasteiger partial charge in [0.05, 0.1) is 16.5 Å². The summed E-state index contributed by atoms with van der Waals surface area (Å²) in [5, 5.41) is 0.793. The zero-order valence-electron chi connectivity index (χ0n) is 16.2. The van der Waals surface area contributed by atoms with Crippen molar-refractivity contribution in [2.24, 2.45) is 11.8 Å². The van der Waals surface area contributed by atoms with Crippen LogP contribution in [0.1, 0.15) is 51.5 Å². The summed E-state index contributed by atoms with van der Waals surface area (Å²) in [6.45, 7) is 3.71. The van der Waals surface area contributed by atoms with Gasteiger partial charge in [-0.05, 0) is 68.7 Å². The Morgan fingerprint density at radius 3 is 2.63 bits per heavy atom. The molecule has 1 heterocycles. The van der Waals surface area contributed by atoms with Crippen molar-refractivity contribution in [2.45, 2.75) is 57.6 Å². The van der Waals surface area contributed by atoms with Crippen LogP contribution in [-0.2, 0) is 21.1 Å². The first kappa shape index (κ1) is 20.0. The van der Waals surface area contributed by atoms with Crippen LogP contribution >= 0.6 is 0 Å². The van der Waals surface area contributed by atoms with Crippen molar-refractivity contribution < 1.29 is 13.2 Å². The Balaban J connectivity index is 1.55. The van der Waals surface area contributed by atoms with Gasteiger partial charge in [0.15, 0.2) is 9.84 Å². The molecule has 0 spiro atoms. The lowest BCUT2D eigenvalue weighted by Gasteiger charge is -2.28. The third kappa shape index (κ3) is 4.95. The minimum absolute atomic E-state index is 0.0668. The molecule has 4 nitrogen and oxygen atoms in total. The molecule has 1 aliphatic carbocycles. The number of nitrogens with zero attached hydrogens (tertiary/aromatic N) is 1. The predicted octanol–water partition coefficient (Wildman–Crippen LogP) is 4.37. The number of sulfone groups is 1. The fourth-order valence-corrected chi connectivity index (χ4v) is 5.81. The van der Waals surface area contributed by atoms with E-state index in [-0.39, 0.29) is 28.6 Å². The van der Waals surface area contributed by atoms with E-state index in [1.165, 1.54) is 0 Å². The Morgan fingerprint density at radius 2 is 1.93 bits per heavy atom. The number of hydrogen-bond acceptors (Lipinski definition) is 4. The lowest BCUT2D eigenvalue weighted by Crippen LogP contribution is -2.30. The molecular weight excluding hydrogens is 358 g/mol. The second-order valence-electron chi connectivity index (χ2n) is 7.94. The summed E-state index contributed by atoms with van der Waals surface area (Å²) in [5.41, 5.74) is 1.97. The average molecular weight is 388 g/mol. The number of ketones is 1. The van der Waals surface area contributed by atoms with Gasteiger partial charge in [-0.2, -0.15) is 0 Å². The van der Waals surface area contributed by atoms with Crippen molar-refractivity contribution in [3.05, 3.63) is 42.1 Å². The zero-order chi connectivity index (χ0) is 19.4. The molecule has 3 rings (SSSR count). The van der Waals surface area contributed by atoms with E-state index < -0.39 is 9.84 Å². The number of pyridine rings is 1. The molecule has 1 aliphatic rings. The third-order valence-corrected chi connectivity index (χ3v) is 8.50. The minimum Gasteiger partial charge on any atom is -0.299 e. The molecule has 0 bridgehead atoms. The van der Waals surface area contributed by atoms with Gasteiger partial charge in [-0.1, -0.05) is 19.1 Å². The Bertz CT molecular complexity index is 899. The third-order valence-electron chi connectivity index (χ3n) is 6.00. The van der Waals surface area contributed by atoms with Gasteiger partial charge >= 0.3 is 0 Å². The molecule has 1 aromatic heterocycles. The second-order valence-corrected chi connectivity index (χ2v) is 10.4. The van der Waals surface area contributed by atoms with Gasteiger partial charge in [-0.3, -0.25) is 9.78 Å². The smallest absolute Gasteiger partial charge is 0.153 e. The highest BCUT2D eigenvalue weighted by atomic mass is 32.2. The van der Waals surface area contributed by atoms with Crippen LogP contribution in [0.2, 0.25) is 0 Å². The Labute approximate surface area is 162 Å². The lowest BCUT2D eigenvalue weighted by molar-refractivity contribution is -0.123. The molecule has 146 valence electrons. The van der Waals surface area contributed by atoms with Gasteiger partial charge in [0.2, 0.25) is 0 Å². The molecule has 0 amide bonds. The number of Topliss-reactive ketones (excluding diaryl/α,β-unsaturated/α-hetero) is 1. The van der Waals surface area contributed by atoms with Gasteiger partial charge in [0.25, 0.3) is 0 Å². The van der Waals surface area contributed by atoms with Crippen molar-refractivity contribution in [3.8, 4) is 0 Å². The van der Waals surface area contributed by atoms with Crippen molar-refractivity contribution in [1.29, 1.82) is 0 Å². The van der Waals surface area contributed by atoms with Crippen molar-refractivity contribution in [3.63, 3.8) is 0 Å². The summed E-state index contributed by atoms with van der Waals surface area (Å²) in [6, 6.07) is 9.92. The number of carbonyl (C=O) groups excluding carboxylic acids is 1. The topological polar surface area (TPSA) is 64.1 Å². The number of rotatable bonds is 7. The molecule has 1 atom stereocenters. The molecule has 1 aromatic carbocycles. The number of fused-ring (bicyclic) bond motifs is 1. The monoisotopic (exact) mass is 387 g/mol. The van der Waals surface area contributed by atoms with Crippen LogP contribution in [-0.4, -0.2) is 30.2 Å². The molecule has 1 saturated carbocycles. The highest BCUT2D eigenvalue weighted by Crippen LogP contribution is 2.32. The maximum Gasteiger partial charge on any atom is 0.153 e. The van der Waals surface area contributed by atoms with E-state index in [0.29, 0.717) is 12.8 Å². The number of hydrogen-bond donors (Lipinski definition) is 0. The molecule has 27 heavy (non-hydrogen) atoms. The van der Waals surface area contributed by atoms with E-state index in [1.807, 2.05) is 37.3 Å². The molecule has 0 N–H and O–H groups in total. The van der Waals surface area contributed by atoms with Gasteiger partial charge in [0.1, 0.15) is 5.78 Å². The van der Waals surface area contributed by atoms with E-state index in [2.05, 4.69) is 4.98 Å². The predicted molar refractivity (Wildman–Crippen MR) is 109 cm³/mol. The maximum atomic E-state index is 12.7. The molecule has 0 aliphatic heterocycles. The average Bonchev–Trinajstić information content (AvgIpc) is 2.67. The molecule has 0 saturated heterocycles. The van der Waals surface area contributed by atoms with Crippen molar-refractivity contribution >= 4 is 26.5 Å². The van der Waals surface area contributed by atoms with Crippen LogP contribution in [0.3, 0.4) is 0 Å². The summed E-state index contributed by atoms with van der Waals surface area (Å²) < 4.78 is 24.6. The molecular formula is C22H29NO3S. The van der Waals surface area contributed by atoms with Crippen LogP contribution in [0.15, 0.2) is 36.5 Å². The van der Waals surface area contributed by atoms with Gasteiger partial charge in [-0.15, -0.1) is 0 Å². The summed E-state index contributed by atoms with van der Waals surface area (Å²) in [7, 11) is -3.01. The van der Waals surface area contributed by atoms with Crippen LogP contribution < -0.4 is 0 Å². The van der Waals surface area contributed by atoms with Crippen molar-refractivity contribution in [1.82, 2.24) is 4.98 Å². The molecule has 0 radical (unpaired) electrons. The maximum absolute atomic E-state index is 12.7. The zero-order valence-corrected chi connectivity index (χ0v) is 17.0. The normalized spacial score (nSPS) is 21.9. The Morgan fingerprint density at radius 1 is 1.19 bits per heavy atom. The van der Waals surface area contributed by atoms with Crippen LogP contribution in [0.25, 0.3) is 10.9 Å². The molecule has 1 unspecified atom stereocenters. The number of carbonyl (C=O) groups is 1. The Hall–Kier alpha value is -1.75. The van der Waals surface area contributed by atoms with E-state index >= 15 is 0 Å². The first-order valence-corrected chi connectivity index (χ1v) is 11.7. The number of benzene rings is 1. The molecule has 2 aromatic rings. The van der Waals surface area contributed by atoms with Gasteiger partial charge in [-0.25, -0.2) is 8.42 Å². The first-order valence-electron chi connectivity index (χ1n) is 9.97. The summed E-state index contributed by atoms with van der Waals surface area (Å²) in [5.74, 6) is 0.832. The molecule has 5 heteroatoms. The number of aromatic nitrogens is 1. The fraction of sp³-hybridized carbons (Fsp3) is 0.545. The fourth-order valence-electron chi connectivity index (χ4n) is 3.98. The van der Waals surface area contributed by atoms with Crippen LogP contribution in [0.4, 0.5) is 0 Å². The second kappa shape index (κ2) is 8.51. The standard InChI is InChI=1S/C22H29NO3S/c1-3-16(2)27(25,26)15-17-6-9-19(10-7-17)22(24)14-18-8-11-21-20(13-18)5-4-12-23-21/h4-5,8,11-13,16-17,19H,3,6-7,9-10,14-15H2,1-2H3. The summed E-state index contributed by atoms with van der Waals surface area (Å²) in [4.78, 5) is 17.0. The minimum atomic E-state index is -3.01. The lowest BCUT2D eigenvalue weighted by atomic mass is 9.79. The van der Waals surface area contributed by atoms with E-state index in [0.717, 1.165) is 42.1 Å². The van der Waals surface area contributed by atoms with Crippen LogP contribution in [0.5, 0.6) is 0 Å². The quantitative estimate of drug-likeness (QED) is 0.708. The van der Waals surface area contributed by atoms with E-state index in [9.17, 15) is 13.2 Å². The van der Waals surface area contributed by atoms with Gasteiger partial charge in [0, 0.05) is 23.9 Å². The van der Waals surface area contributed by atoms with Crippen LogP contribution in [0, 0.1) is 11.8 Å².